The lowest BCUT2D eigenvalue weighted by Crippen LogP contribution is -2.49. The van der Waals surface area contributed by atoms with Crippen LogP contribution in [-0.4, -0.2) is 35.1 Å². The molecule has 116 valence electrons. The molecular weight excluding hydrogens is 272 g/mol. The van der Waals surface area contributed by atoms with Crippen molar-refractivity contribution in [2.45, 2.75) is 45.2 Å². The Kier molecular flexibility index (Phi) is 4.88. The standard InChI is InChI=1S/C15H22N2O4/c1-10-7-8-11(21-10)9-17(2)15(20)16-13-6-4-3-5-12(13)14(18)19/h7-8,12-13H,3-6,9H2,1-2H3,(H,16,20)(H,18,19). The van der Waals surface area contributed by atoms with Gasteiger partial charge in [-0.15, -0.1) is 0 Å². The summed E-state index contributed by atoms with van der Waals surface area (Å²) in [4.78, 5) is 24.9. The predicted molar refractivity (Wildman–Crippen MR) is 76.8 cm³/mol. The molecule has 1 aliphatic carbocycles. The van der Waals surface area contributed by atoms with Crippen molar-refractivity contribution >= 4 is 12.0 Å². The van der Waals surface area contributed by atoms with Crippen molar-refractivity contribution < 1.29 is 19.1 Å². The predicted octanol–water partition coefficient (Wildman–Crippen LogP) is 2.37. The number of urea groups is 1. The minimum absolute atomic E-state index is 0.262. The minimum Gasteiger partial charge on any atom is -0.481 e. The lowest BCUT2D eigenvalue weighted by Gasteiger charge is -2.30. The summed E-state index contributed by atoms with van der Waals surface area (Å²) in [7, 11) is 1.67. The van der Waals surface area contributed by atoms with E-state index in [1.807, 2.05) is 19.1 Å². The van der Waals surface area contributed by atoms with Crippen molar-refractivity contribution in [3.8, 4) is 0 Å². The number of amides is 2. The van der Waals surface area contributed by atoms with Crippen molar-refractivity contribution in [1.82, 2.24) is 10.2 Å². The second kappa shape index (κ2) is 6.65. The van der Waals surface area contributed by atoms with Gasteiger partial charge in [0.05, 0.1) is 12.5 Å². The number of hydrogen-bond donors (Lipinski definition) is 2. The van der Waals surface area contributed by atoms with Gasteiger partial charge in [-0.1, -0.05) is 12.8 Å². The summed E-state index contributed by atoms with van der Waals surface area (Å²) < 4.78 is 5.44. The number of aryl methyl sites for hydroxylation is 1. The molecule has 2 unspecified atom stereocenters. The molecule has 6 nitrogen and oxygen atoms in total. The fourth-order valence-corrected chi connectivity index (χ4v) is 2.74. The molecule has 1 aromatic rings. The first-order valence-electron chi connectivity index (χ1n) is 7.27. The summed E-state index contributed by atoms with van der Waals surface area (Å²) in [6, 6.07) is 3.13. The largest absolute Gasteiger partial charge is 0.481 e. The number of hydrogen-bond acceptors (Lipinski definition) is 3. The Morgan fingerprint density at radius 3 is 2.71 bits per heavy atom. The lowest BCUT2D eigenvalue weighted by atomic mass is 9.84. The Morgan fingerprint density at radius 2 is 2.10 bits per heavy atom. The van der Waals surface area contributed by atoms with E-state index < -0.39 is 11.9 Å². The Labute approximate surface area is 124 Å². The maximum absolute atomic E-state index is 12.2. The van der Waals surface area contributed by atoms with Gasteiger partial charge < -0.3 is 19.7 Å². The third-order valence-electron chi connectivity index (χ3n) is 3.93. The number of aliphatic carboxylic acids is 1. The Bertz CT molecular complexity index is 512. The molecule has 2 amide bonds. The topological polar surface area (TPSA) is 82.8 Å². The van der Waals surface area contributed by atoms with Crippen LogP contribution in [0.15, 0.2) is 16.5 Å². The number of nitrogens with zero attached hydrogens (tertiary/aromatic N) is 1. The first kappa shape index (κ1) is 15.4. The summed E-state index contributed by atoms with van der Waals surface area (Å²) in [5, 5.41) is 12.1. The van der Waals surface area contributed by atoms with Crippen LogP contribution in [0.3, 0.4) is 0 Å². The van der Waals surface area contributed by atoms with Gasteiger partial charge >= 0.3 is 12.0 Å². The third-order valence-corrected chi connectivity index (χ3v) is 3.93. The van der Waals surface area contributed by atoms with Gasteiger partial charge in [0.2, 0.25) is 0 Å². The number of nitrogens with one attached hydrogen (secondary N) is 1. The average Bonchev–Trinajstić information content (AvgIpc) is 2.84. The Balaban J connectivity index is 1.91. The van der Waals surface area contributed by atoms with Gasteiger partial charge in [-0.25, -0.2) is 4.79 Å². The molecule has 1 aliphatic rings. The first-order valence-corrected chi connectivity index (χ1v) is 7.27. The summed E-state index contributed by atoms with van der Waals surface area (Å²) in [5.74, 6) is 0.201. The second-order valence-electron chi connectivity index (χ2n) is 5.65. The van der Waals surface area contributed by atoms with E-state index in [2.05, 4.69) is 5.32 Å². The maximum atomic E-state index is 12.2. The summed E-state index contributed by atoms with van der Waals surface area (Å²) >= 11 is 0. The average molecular weight is 294 g/mol. The normalized spacial score (nSPS) is 21.8. The molecular formula is C15H22N2O4. The highest BCUT2D eigenvalue weighted by molar-refractivity contribution is 5.76. The van der Waals surface area contributed by atoms with E-state index in [1.165, 1.54) is 4.90 Å². The van der Waals surface area contributed by atoms with Gasteiger partial charge in [0.15, 0.2) is 0 Å². The highest BCUT2D eigenvalue weighted by atomic mass is 16.4. The van der Waals surface area contributed by atoms with Crippen LogP contribution >= 0.6 is 0 Å². The van der Waals surface area contributed by atoms with E-state index in [0.717, 1.165) is 25.0 Å². The number of carbonyl (C=O) groups excluding carboxylic acids is 1. The molecule has 2 rings (SSSR count). The summed E-state index contributed by atoms with van der Waals surface area (Å²) in [6.45, 7) is 2.22. The van der Waals surface area contributed by atoms with E-state index in [9.17, 15) is 14.7 Å². The highest BCUT2D eigenvalue weighted by Gasteiger charge is 2.32. The molecule has 1 aromatic heterocycles. The molecule has 0 bridgehead atoms. The zero-order valence-electron chi connectivity index (χ0n) is 12.5. The summed E-state index contributed by atoms with van der Waals surface area (Å²) in [5.41, 5.74) is 0. The molecule has 21 heavy (non-hydrogen) atoms. The first-order chi connectivity index (χ1) is 9.97. The van der Waals surface area contributed by atoms with Gasteiger partial charge in [-0.3, -0.25) is 4.79 Å². The van der Waals surface area contributed by atoms with Gasteiger partial charge in [0.25, 0.3) is 0 Å². The van der Waals surface area contributed by atoms with Crippen LogP contribution in [0, 0.1) is 12.8 Å². The quantitative estimate of drug-likeness (QED) is 0.893. The van der Waals surface area contributed by atoms with Crippen LogP contribution in [0.25, 0.3) is 0 Å². The fourth-order valence-electron chi connectivity index (χ4n) is 2.74. The van der Waals surface area contributed by atoms with Crippen LogP contribution in [-0.2, 0) is 11.3 Å². The van der Waals surface area contributed by atoms with Crippen molar-refractivity contribution in [3.63, 3.8) is 0 Å². The summed E-state index contributed by atoms with van der Waals surface area (Å²) in [6.07, 6.45) is 3.21. The molecule has 0 aromatic carbocycles. The molecule has 0 spiro atoms. The number of carboxylic acids is 1. The molecule has 1 heterocycles. The van der Waals surface area contributed by atoms with Crippen LogP contribution in [0.2, 0.25) is 0 Å². The molecule has 0 saturated heterocycles. The van der Waals surface area contributed by atoms with Crippen LogP contribution < -0.4 is 5.32 Å². The zero-order valence-corrected chi connectivity index (χ0v) is 12.5. The maximum Gasteiger partial charge on any atom is 0.317 e. The fraction of sp³-hybridized carbons (Fsp3) is 0.600. The van der Waals surface area contributed by atoms with Gasteiger partial charge in [0, 0.05) is 13.1 Å². The van der Waals surface area contributed by atoms with Gasteiger partial charge in [-0.2, -0.15) is 0 Å². The van der Waals surface area contributed by atoms with Crippen LogP contribution in [0.1, 0.15) is 37.2 Å². The van der Waals surface area contributed by atoms with E-state index in [4.69, 9.17) is 4.42 Å². The monoisotopic (exact) mass is 294 g/mol. The van der Waals surface area contributed by atoms with Crippen LogP contribution in [0.4, 0.5) is 4.79 Å². The molecule has 2 atom stereocenters. The van der Waals surface area contributed by atoms with E-state index in [1.54, 1.807) is 7.05 Å². The highest BCUT2D eigenvalue weighted by Crippen LogP contribution is 2.24. The van der Waals surface area contributed by atoms with E-state index in [0.29, 0.717) is 18.7 Å². The van der Waals surface area contributed by atoms with Crippen molar-refractivity contribution in [3.05, 3.63) is 23.7 Å². The number of carboxylic acid groups (broad SMARTS) is 1. The third kappa shape index (κ3) is 4.00. The number of furan rings is 1. The molecule has 1 fully saturated rings. The van der Waals surface area contributed by atoms with Crippen molar-refractivity contribution in [2.75, 3.05) is 7.05 Å². The zero-order chi connectivity index (χ0) is 15.4. The molecule has 0 radical (unpaired) electrons. The van der Waals surface area contributed by atoms with Crippen molar-refractivity contribution in [1.29, 1.82) is 0 Å². The Hall–Kier alpha value is -1.98. The van der Waals surface area contributed by atoms with Crippen LogP contribution in [0.5, 0.6) is 0 Å². The smallest absolute Gasteiger partial charge is 0.317 e. The molecule has 2 N–H and O–H groups in total. The Morgan fingerprint density at radius 1 is 1.38 bits per heavy atom. The second-order valence-corrected chi connectivity index (χ2v) is 5.65. The minimum atomic E-state index is -0.829. The van der Waals surface area contributed by atoms with E-state index >= 15 is 0 Å². The SMILES string of the molecule is Cc1ccc(CN(C)C(=O)NC2CCCCC2C(=O)O)o1. The van der Waals surface area contributed by atoms with Gasteiger partial charge in [-0.05, 0) is 31.9 Å². The van der Waals surface area contributed by atoms with Gasteiger partial charge in [0.1, 0.15) is 11.5 Å². The number of rotatable bonds is 4. The molecule has 6 heteroatoms. The van der Waals surface area contributed by atoms with Crippen molar-refractivity contribution in [2.24, 2.45) is 5.92 Å². The van der Waals surface area contributed by atoms with E-state index in [-0.39, 0.29) is 12.1 Å². The lowest BCUT2D eigenvalue weighted by molar-refractivity contribution is -0.143. The number of carbonyl (C=O) groups is 2. The molecule has 1 saturated carbocycles. The molecule has 0 aliphatic heterocycles.